The number of sulfonamides is 1. The van der Waals surface area contributed by atoms with Crippen LogP contribution in [0.1, 0.15) is 32.0 Å². The number of pyridine rings is 1. The zero-order valence-electron chi connectivity index (χ0n) is 18.2. The van der Waals surface area contributed by atoms with Crippen LogP contribution >= 0.6 is 0 Å². The van der Waals surface area contributed by atoms with Crippen molar-refractivity contribution < 1.29 is 22.7 Å². The van der Waals surface area contributed by atoms with Crippen LogP contribution in [-0.2, 0) is 15.4 Å². The van der Waals surface area contributed by atoms with E-state index in [1.807, 2.05) is 20.8 Å². The standard InChI is InChI=1S/C23H24FN4O3S/c1-15-13-22(26-32(30,31)16-10-11-18(19(24)14-16)23(2,3)4)28(25-15)21-9-5-8-20-17(21)7-6-12-27(20)29/h5-14,26,29H,1-4H3/q+1. The van der Waals surface area contributed by atoms with Crippen LogP contribution in [0.3, 0.4) is 0 Å². The van der Waals surface area contributed by atoms with Crippen molar-refractivity contribution in [1.82, 2.24) is 9.78 Å². The Kier molecular flexibility index (Phi) is 5.16. The first kappa shape index (κ1) is 21.8. The molecule has 0 aliphatic rings. The van der Waals surface area contributed by atoms with Crippen LogP contribution in [-0.4, -0.2) is 23.4 Å². The van der Waals surface area contributed by atoms with E-state index < -0.39 is 21.3 Å². The minimum Gasteiger partial charge on any atom is -0.285 e. The summed E-state index contributed by atoms with van der Waals surface area (Å²) in [7, 11) is -4.08. The maximum atomic E-state index is 14.6. The lowest BCUT2D eigenvalue weighted by Gasteiger charge is -2.20. The van der Waals surface area contributed by atoms with Gasteiger partial charge < -0.3 is 0 Å². The van der Waals surface area contributed by atoms with Crippen molar-refractivity contribution in [2.24, 2.45) is 0 Å². The van der Waals surface area contributed by atoms with Crippen LogP contribution < -0.4 is 9.45 Å². The van der Waals surface area contributed by atoms with Gasteiger partial charge in [-0.2, -0.15) is 5.10 Å². The van der Waals surface area contributed by atoms with Crippen LogP contribution in [0.25, 0.3) is 16.6 Å². The molecular weight excluding hydrogens is 431 g/mol. The van der Waals surface area contributed by atoms with Crippen molar-refractivity contribution in [2.45, 2.75) is 38.0 Å². The van der Waals surface area contributed by atoms with E-state index in [4.69, 9.17) is 0 Å². The molecule has 0 aliphatic carbocycles. The summed E-state index contributed by atoms with van der Waals surface area (Å²) in [6, 6.07) is 14.2. The maximum Gasteiger partial charge on any atom is 0.266 e. The van der Waals surface area contributed by atoms with Crippen molar-refractivity contribution in [2.75, 3.05) is 4.72 Å². The smallest absolute Gasteiger partial charge is 0.266 e. The Labute approximate surface area is 185 Å². The first-order valence-corrected chi connectivity index (χ1v) is 11.5. The highest BCUT2D eigenvalue weighted by Crippen LogP contribution is 2.29. The van der Waals surface area contributed by atoms with E-state index in [0.717, 1.165) is 10.8 Å². The predicted molar refractivity (Wildman–Crippen MR) is 119 cm³/mol. The molecule has 0 spiro atoms. The lowest BCUT2D eigenvalue weighted by atomic mass is 9.87. The molecule has 0 unspecified atom stereocenters. The van der Waals surface area contributed by atoms with E-state index in [9.17, 15) is 18.0 Å². The number of fused-ring (bicyclic) bond motifs is 1. The number of benzene rings is 2. The Morgan fingerprint density at radius 3 is 2.53 bits per heavy atom. The van der Waals surface area contributed by atoms with Crippen molar-refractivity contribution in [1.29, 1.82) is 0 Å². The van der Waals surface area contributed by atoms with Gasteiger partial charge in [0.2, 0.25) is 6.20 Å². The van der Waals surface area contributed by atoms with Gasteiger partial charge in [-0.05, 0) is 42.2 Å². The molecule has 0 radical (unpaired) electrons. The number of nitrogens with zero attached hydrogens (tertiary/aromatic N) is 3. The monoisotopic (exact) mass is 455 g/mol. The molecule has 2 aromatic heterocycles. The Morgan fingerprint density at radius 1 is 1.09 bits per heavy atom. The Balaban J connectivity index is 1.78. The van der Waals surface area contributed by atoms with Gasteiger partial charge in [0.25, 0.3) is 15.5 Å². The van der Waals surface area contributed by atoms with Gasteiger partial charge in [0.05, 0.1) is 21.7 Å². The third-order valence-corrected chi connectivity index (χ3v) is 6.51. The van der Waals surface area contributed by atoms with E-state index in [0.29, 0.717) is 27.8 Å². The van der Waals surface area contributed by atoms with Gasteiger partial charge in [0.15, 0.2) is 0 Å². The molecule has 0 amide bonds. The highest BCUT2D eigenvalue weighted by atomic mass is 32.2. The Hall–Kier alpha value is -3.46. The molecule has 7 nitrogen and oxygen atoms in total. The van der Waals surface area contributed by atoms with Gasteiger partial charge in [-0.3, -0.25) is 9.93 Å². The number of aryl methyl sites for hydroxylation is 1. The third kappa shape index (κ3) is 3.91. The predicted octanol–water partition coefficient (Wildman–Crippen LogP) is 4.10. The van der Waals surface area contributed by atoms with Crippen LogP contribution in [0.2, 0.25) is 0 Å². The fraction of sp³-hybridized carbons (Fsp3) is 0.217. The van der Waals surface area contributed by atoms with E-state index in [2.05, 4.69) is 9.82 Å². The minimum atomic E-state index is -4.08. The molecule has 0 aliphatic heterocycles. The zero-order valence-corrected chi connectivity index (χ0v) is 19.0. The van der Waals surface area contributed by atoms with Crippen molar-refractivity contribution in [3.63, 3.8) is 0 Å². The molecule has 0 saturated carbocycles. The van der Waals surface area contributed by atoms with Gasteiger partial charge in [-0.15, -0.1) is 0 Å². The summed E-state index contributed by atoms with van der Waals surface area (Å²) >= 11 is 0. The average molecular weight is 456 g/mol. The molecule has 166 valence electrons. The van der Waals surface area contributed by atoms with Gasteiger partial charge in [-0.1, -0.05) is 32.9 Å². The molecule has 9 heteroatoms. The Morgan fingerprint density at radius 2 is 1.84 bits per heavy atom. The van der Waals surface area contributed by atoms with Gasteiger partial charge in [0.1, 0.15) is 11.6 Å². The van der Waals surface area contributed by atoms with Crippen LogP contribution in [0.4, 0.5) is 10.2 Å². The molecular formula is C23H24FN4O3S+. The second kappa shape index (κ2) is 7.59. The van der Waals surface area contributed by atoms with Gasteiger partial charge in [0, 0.05) is 22.9 Å². The molecule has 32 heavy (non-hydrogen) atoms. The number of aromatic nitrogens is 3. The van der Waals surface area contributed by atoms with Crippen LogP contribution in [0.5, 0.6) is 0 Å². The Bertz CT molecular complexity index is 1440. The quantitative estimate of drug-likeness (QED) is 0.358. The number of hydrogen-bond donors (Lipinski definition) is 2. The maximum absolute atomic E-state index is 14.6. The first-order chi connectivity index (χ1) is 15.0. The van der Waals surface area contributed by atoms with E-state index >= 15 is 0 Å². The molecule has 2 aromatic carbocycles. The molecule has 4 rings (SSSR count). The second-order valence-electron chi connectivity index (χ2n) is 8.64. The molecule has 2 N–H and O–H groups in total. The summed E-state index contributed by atoms with van der Waals surface area (Å²) in [6.45, 7) is 7.32. The molecule has 2 heterocycles. The number of halogens is 1. The molecule has 0 saturated heterocycles. The third-order valence-electron chi connectivity index (χ3n) is 5.15. The summed E-state index contributed by atoms with van der Waals surface area (Å²) < 4.78 is 45.7. The molecule has 4 aromatic rings. The SMILES string of the molecule is Cc1cc(NS(=O)(=O)c2ccc(C(C)(C)C)c(F)c2)n(-c2cccc3c2ccc[n+]3O)n1. The zero-order chi connectivity index (χ0) is 23.3. The highest BCUT2D eigenvalue weighted by Gasteiger charge is 2.24. The molecule has 0 bridgehead atoms. The topological polar surface area (TPSA) is 88.1 Å². The lowest BCUT2D eigenvalue weighted by Crippen LogP contribution is -2.30. The van der Waals surface area contributed by atoms with Gasteiger partial charge >= 0.3 is 0 Å². The minimum absolute atomic E-state index is 0.181. The van der Waals surface area contributed by atoms with E-state index in [1.165, 1.54) is 23.0 Å². The van der Waals surface area contributed by atoms with E-state index in [-0.39, 0.29) is 10.7 Å². The summed E-state index contributed by atoms with van der Waals surface area (Å²) in [6.07, 6.45) is 1.50. The van der Waals surface area contributed by atoms with Crippen molar-refractivity contribution in [3.05, 3.63) is 77.9 Å². The van der Waals surface area contributed by atoms with Crippen molar-refractivity contribution in [3.8, 4) is 5.69 Å². The molecule has 0 fully saturated rings. The lowest BCUT2D eigenvalue weighted by molar-refractivity contribution is -0.884. The number of anilines is 1. The average Bonchev–Trinajstić information content (AvgIpc) is 3.06. The second-order valence-corrected chi connectivity index (χ2v) is 10.3. The number of rotatable bonds is 4. The fourth-order valence-corrected chi connectivity index (χ4v) is 4.67. The molecule has 0 atom stereocenters. The largest absolute Gasteiger partial charge is 0.285 e. The first-order valence-electron chi connectivity index (χ1n) is 10.00. The highest BCUT2D eigenvalue weighted by molar-refractivity contribution is 7.92. The van der Waals surface area contributed by atoms with Crippen LogP contribution in [0, 0.1) is 12.7 Å². The fourth-order valence-electron chi connectivity index (χ4n) is 3.62. The van der Waals surface area contributed by atoms with Crippen molar-refractivity contribution >= 4 is 26.7 Å². The normalized spacial score (nSPS) is 12.3. The van der Waals surface area contributed by atoms with E-state index in [1.54, 1.807) is 43.3 Å². The summed E-state index contributed by atoms with van der Waals surface area (Å²) in [5.41, 5.74) is 1.68. The van der Waals surface area contributed by atoms with Crippen LogP contribution in [0.15, 0.2) is 65.7 Å². The summed E-state index contributed by atoms with van der Waals surface area (Å²) in [5, 5.41) is 15.2. The summed E-state index contributed by atoms with van der Waals surface area (Å²) in [4.78, 5) is -0.181. The number of hydrogen-bond acceptors (Lipinski definition) is 4. The van der Waals surface area contributed by atoms with Gasteiger partial charge in [-0.25, -0.2) is 17.5 Å². The number of nitrogens with one attached hydrogen (secondary N) is 1. The summed E-state index contributed by atoms with van der Waals surface area (Å²) in [5.74, 6) is -0.379.